The zero-order valence-corrected chi connectivity index (χ0v) is 21.5. The number of benzene rings is 2. The Morgan fingerprint density at radius 1 is 1.16 bits per heavy atom. The number of alkyl halides is 3. The minimum absolute atomic E-state index is 0.189. The van der Waals surface area contributed by atoms with Crippen LogP contribution in [0.2, 0.25) is 0 Å². The van der Waals surface area contributed by atoms with E-state index >= 15 is 0 Å². The molecular formula is C30H33F3N2O3. The van der Waals surface area contributed by atoms with Crippen molar-refractivity contribution in [3.05, 3.63) is 65.2 Å². The maximum atomic E-state index is 12.8. The van der Waals surface area contributed by atoms with Crippen molar-refractivity contribution in [2.45, 2.75) is 61.8 Å². The second-order valence-corrected chi connectivity index (χ2v) is 11.0. The highest BCUT2D eigenvalue weighted by Crippen LogP contribution is 2.52. The second-order valence-electron chi connectivity index (χ2n) is 11.0. The van der Waals surface area contributed by atoms with Gasteiger partial charge in [-0.05, 0) is 92.9 Å². The van der Waals surface area contributed by atoms with Crippen LogP contribution in [0.4, 0.5) is 13.2 Å². The van der Waals surface area contributed by atoms with Gasteiger partial charge >= 0.3 is 6.18 Å². The van der Waals surface area contributed by atoms with E-state index in [0.717, 1.165) is 48.9 Å². The maximum absolute atomic E-state index is 12.8. The monoisotopic (exact) mass is 526 g/mol. The predicted octanol–water partition coefficient (Wildman–Crippen LogP) is 4.52. The molecule has 3 aliphatic rings. The van der Waals surface area contributed by atoms with Gasteiger partial charge in [-0.3, -0.25) is 4.79 Å². The Morgan fingerprint density at radius 2 is 1.92 bits per heavy atom. The van der Waals surface area contributed by atoms with Crippen LogP contribution in [0.3, 0.4) is 0 Å². The Balaban J connectivity index is 1.33. The first kappa shape index (κ1) is 26.6. The fourth-order valence-electron chi connectivity index (χ4n) is 6.22. The van der Waals surface area contributed by atoms with Crippen molar-refractivity contribution >= 4 is 5.91 Å². The van der Waals surface area contributed by atoms with Gasteiger partial charge in [0.2, 0.25) is 0 Å². The SMILES string of the molecule is COc1cccc([C@@]23CCN(CC4CC4)C[C@@]2(O)CC[C@H](NC(=O)C#Cc2ccc(C(F)(F)F)cc2)C3)c1. The number of fused-ring (bicyclic) bond motifs is 1. The lowest BCUT2D eigenvalue weighted by molar-refractivity contribution is -0.137. The van der Waals surface area contributed by atoms with Crippen LogP contribution in [0.5, 0.6) is 5.75 Å². The number of carbonyl (C=O) groups is 1. The average molecular weight is 527 g/mol. The van der Waals surface area contributed by atoms with Gasteiger partial charge in [0, 0.05) is 36.0 Å². The third-order valence-corrected chi connectivity index (χ3v) is 8.44. The number of piperidine rings is 1. The van der Waals surface area contributed by atoms with Gasteiger partial charge in [-0.2, -0.15) is 13.2 Å². The minimum Gasteiger partial charge on any atom is -0.497 e. The van der Waals surface area contributed by atoms with E-state index in [9.17, 15) is 23.1 Å². The summed E-state index contributed by atoms with van der Waals surface area (Å²) in [6.07, 6.45) is 0.610. The molecule has 3 fully saturated rings. The molecule has 0 unspecified atom stereocenters. The molecule has 2 aromatic rings. The van der Waals surface area contributed by atoms with Crippen LogP contribution in [0.1, 0.15) is 55.2 Å². The average Bonchev–Trinajstić information content (AvgIpc) is 3.71. The van der Waals surface area contributed by atoms with Crippen molar-refractivity contribution < 1.29 is 27.8 Å². The summed E-state index contributed by atoms with van der Waals surface area (Å²) in [5.74, 6) is 6.17. The van der Waals surface area contributed by atoms with Crippen LogP contribution < -0.4 is 10.1 Å². The molecule has 1 aliphatic heterocycles. The summed E-state index contributed by atoms with van der Waals surface area (Å²) in [6, 6.07) is 12.1. The zero-order valence-electron chi connectivity index (χ0n) is 21.5. The lowest BCUT2D eigenvalue weighted by Crippen LogP contribution is -2.67. The van der Waals surface area contributed by atoms with Crippen LogP contribution in [0, 0.1) is 17.8 Å². The Bertz CT molecular complexity index is 1230. The van der Waals surface area contributed by atoms with Crippen LogP contribution in [0.15, 0.2) is 48.5 Å². The lowest BCUT2D eigenvalue weighted by atomic mass is 9.55. The molecule has 38 heavy (non-hydrogen) atoms. The third kappa shape index (κ3) is 5.55. The summed E-state index contributed by atoms with van der Waals surface area (Å²) in [4.78, 5) is 15.1. The summed E-state index contributed by atoms with van der Waals surface area (Å²) in [5, 5.41) is 15.1. The van der Waals surface area contributed by atoms with Gasteiger partial charge in [0.15, 0.2) is 0 Å². The number of ether oxygens (including phenoxy) is 1. The number of hydrogen-bond donors (Lipinski definition) is 2. The number of β-amino-alcohol motifs (C(OH)–C–C–N with tert-alkyl or cyclic N) is 1. The number of nitrogens with one attached hydrogen (secondary N) is 1. The molecule has 5 nitrogen and oxygen atoms in total. The predicted molar refractivity (Wildman–Crippen MR) is 138 cm³/mol. The van der Waals surface area contributed by atoms with Gasteiger partial charge in [0.25, 0.3) is 5.91 Å². The summed E-state index contributed by atoms with van der Waals surface area (Å²) >= 11 is 0. The zero-order chi connectivity index (χ0) is 27.0. The minimum atomic E-state index is -4.42. The second kappa shape index (κ2) is 10.3. The van der Waals surface area contributed by atoms with Crippen molar-refractivity contribution in [3.63, 3.8) is 0 Å². The Hall–Kier alpha value is -3.02. The van der Waals surface area contributed by atoms with E-state index in [-0.39, 0.29) is 6.04 Å². The number of rotatable bonds is 5. The summed E-state index contributed by atoms with van der Waals surface area (Å²) in [6.45, 7) is 2.51. The molecule has 3 atom stereocenters. The van der Waals surface area contributed by atoms with Crippen molar-refractivity contribution in [1.82, 2.24) is 10.2 Å². The largest absolute Gasteiger partial charge is 0.497 e. The molecule has 2 N–H and O–H groups in total. The number of amides is 1. The van der Waals surface area contributed by atoms with Crippen molar-refractivity contribution in [1.29, 1.82) is 0 Å². The molecule has 2 saturated carbocycles. The van der Waals surface area contributed by atoms with E-state index in [2.05, 4.69) is 22.1 Å². The molecule has 0 bridgehead atoms. The first-order chi connectivity index (χ1) is 18.1. The molecule has 1 amide bonds. The van der Waals surface area contributed by atoms with Crippen molar-refractivity contribution in [2.75, 3.05) is 26.7 Å². The van der Waals surface area contributed by atoms with Gasteiger partial charge in [0.1, 0.15) is 5.75 Å². The van der Waals surface area contributed by atoms with Gasteiger partial charge in [0.05, 0.1) is 18.3 Å². The highest BCUT2D eigenvalue weighted by Gasteiger charge is 2.57. The lowest BCUT2D eigenvalue weighted by Gasteiger charge is -2.58. The standard InChI is InChI=1S/C30H33F3N2O3/c1-38-26-4-2-3-24(17-26)28-15-16-35(19-22-5-6-22)20-29(28,37)14-13-25(18-28)34-27(36)12-9-21-7-10-23(11-8-21)30(31,32)33/h2-4,7-8,10-11,17,22,25,37H,5-6,13-16,18-20H2,1H3,(H,34,36)/t25-,28-,29-/m0/s1. The Kier molecular flexibility index (Phi) is 7.19. The molecule has 5 rings (SSSR count). The van der Waals surface area contributed by atoms with E-state index in [0.29, 0.717) is 31.4 Å². The first-order valence-electron chi connectivity index (χ1n) is 13.2. The molecule has 0 aromatic heterocycles. The van der Waals surface area contributed by atoms with Gasteiger partial charge in [-0.15, -0.1) is 0 Å². The van der Waals surface area contributed by atoms with E-state index in [1.54, 1.807) is 7.11 Å². The van der Waals surface area contributed by atoms with Crippen molar-refractivity contribution in [2.24, 2.45) is 5.92 Å². The van der Waals surface area contributed by atoms with Crippen LogP contribution in [-0.2, 0) is 16.4 Å². The molecule has 2 aliphatic carbocycles. The molecule has 202 valence electrons. The molecule has 1 saturated heterocycles. The molecule has 0 spiro atoms. The number of carbonyl (C=O) groups excluding carboxylic acids is 1. The fraction of sp³-hybridized carbons (Fsp3) is 0.500. The van der Waals surface area contributed by atoms with Crippen LogP contribution in [-0.4, -0.2) is 54.3 Å². The number of hydrogen-bond acceptors (Lipinski definition) is 4. The number of halogens is 3. The molecule has 1 heterocycles. The fourth-order valence-corrected chi connectivity index (χ4v) is 6.22. The number of aliphatic hydroxyl groups is 1. The normalized spacial score (nSPS) is 27.6. The molecule has 8 heteroatoms. The smallest absolute Gasteiger partial charge is 0.416 e. The number of nitrogens with zero attached hydrogens (tertiary/aromatic N) is 1. The molecular weight excluding hydrogens is 493 g/mol. The summed E-state index contributed by atoms with van der Waals surface area (Å²) in [7, 11) is 1.63. The van der Waals surface area contributed by atoms with E-state index in [1.165, 1.54) is 25.0 Å². The topological polar surface area (TPSA) is 61.8 Å². The van der Waals surface area contributed by atoms with E-state index in [1.807, 2.05) is 24.3 Å². The highest BCUT2D eigenvalue weighted by molar-refractivity contribution is 5.94. The summed E-state index contributed by atoms with van der Waals surface area (Å²) < 4.78 is 43.8. The Labute approximate surface area is 221 Å². The third-order valence-electron chi connectivity index (χ3n) is 8.44. The quantitative estimate of drug-likeness (QED) is 0.563. The van der Waals surface area contributed by atoms with Gasteiger partial charge in [-0.1, -0.05) is 18.1 Å². The van der Waals surface area contributed by atoms with Crippen LogP contribution in [0.25, 0.3) is 0 Å². The van der Waals surface area contributed by atoms with E-state index < -0.39 is 28.7 Å². The van der Waals surface area contributed by atoms with Crippen LogP contribution >= 0.6 is 0 Å². The first-order valence-corrected chi connectivity index (χ1v) is 13.2. The van der Waals surface area contributed by atoms with Gasteiger partial charge < -0.3 is 20.1 Å². The molecule has 0 radical (unpaired) electrons. The maximum Gasteiger partial charge on any atom is 0.416 e. The number of methoxy groups -OCH3 is 1. The highest BCUT2D eigenvalue weighted by atomic mass is 19.4. The molecule has 2 aromatic carbocycles. The summed E-state index contributed by atoms with van der Waals surface area (Å²) in [5.41, 5.74) is -0.881. The van der Waals surface area contributed by atoms with Crippen molar-refractivity contribution in [3.8, 4) is 17.6 Å². The van der Waals surface area contributed by atoms with Gasteiger partial charge in [-0.25, -0.2) is 0 Å². The Morgan fingerprint density at radius 3 is 2.61 bits per heavy atom. The number of likely N-dealkylation sites (tertiary alicyclic amines) is 1. The van der Waals surface area contributed by atoms with E-state index in [4.69, 9.17) is 4.74 Å².